The summed E-state index contributed by atoms with van der Waals surface area (Å²) in [6.45, 7) is 1.49. The van der Waals surface area contributed by atoms with Crippen LogP contribution in [0.15, 0.2) is 0 Å². The van der Waals surface area contributed by atoms with Gasteiger partial charge in [0.2, 0.25) is 0 Å². The minimum Gasteiger partial charge on any atom is -0.312 e. The van der Waals surface area contributed by atoms with Crippen LogP contribution in [0.1, 0.15) is 0 Å². The van der Waals surface area contributed by atoms with Crippen molar-refractivity contribution in [3.63, 3.8) is 0 Å². The SMILES string of the molecule is CN1CCNCC1OC(F)(F)F. The fraction of sp³-hybridized carbons (Fsp3) is 1.00. The molecular weight excluding hydrogens is 173 g/mol. The topological polar surface area (TPSA) is 24.5 Å². The van der Waals surface area contributed by atoms with E-state index in [0.717, 1.165) is 0 Å². The maximum absolute atomic E-state index is 11.7. The zero-order chi connectivity index (χ0) is 9.19. The Balaban J connectivity index is 2.39. The lowest BCUT2D eigenvalue weighted by Crippen LogP contribution is -2.52. The molecule has 0 amide bonds. The van der Waals surface area contributed by atoms with E-state index >= 15 is 0 Å². The molecule has 0 spiro atoms. The molecule has 0 aromatic rings. The molecule has 3 nitrogen and oxygen atoms in total. The molecule has 1 saturated heterocycles. The third-order valence-electron chi connectivity index (χ3n) is 1.72. The lowest BCUT2D eigenvalue weighted by atomic mass is 10.3. The molecule has 0 radical (unpaired) electrons. The van der Waals surface area contributed by atoms with Gasteiger partial charge in [0.1, 0.15) is 6.23 Å². The van der Waals surface area contributed by atoms with Gasteiger partial charge >= 0.3 is 6.36 Å². The van der Waals surface area contributed by atoms with Crippen LogP contribution in [0.5, 0.6) is 0 Å². The van der Waals surface area contributed by atoms with Gasteiger partial charge < -0.3 is 5.32 Å². The number of piperazine rings is 1. The van der Waals surface area contributed by atoms with Crippen LogP contribution in [0.3, 0.4) is 0 Å². The third-order valence-corrected chi connectivity index (χ3v) is 1.72. The molecular formula is C6H11F3N2O. The molecule has 12 heavy (non-hydrogen) atoms. The van der Waals surface area contributed by atoms with Gasteiger partial charge in [-0.1, -0.05) is 0 Å². The first-order chi connectivity index (χ1) is 5.49. The van der Waals surface area contributed by atoms with Gasteiger partial charge in [-0.05, 0) is 7.05 Å². The zero-order valence-electron chi connectivity index (χ0n) is 6.69. The standard InChI is InChI=1S/C6H11F3N2O/c1-11-3-2-10-4-5(11)12-6(7,8)9/h5,10H,2-4H2,1H3. The molecule has 1 N–H and O–H groups in total. The Bertz CT molecular complexity index is 150. The van der Waals surface area contributed by atoms with Gasteiger partial charge in [-0.2, -0.15) is 0 Å². The highest BCUT2D eigenvalue weighted by molar-refractivity contribution is 4.69. The summed E-state index contributed by atoms with van der Waals surface area (Å²) >= 11 is 0. The van der Waals surface area contributed by atoms with Gasteiger partial charge in [0.15, 0.2) is 0 Å². The summed E-state index contributed by atoms with van der Waals surface area (Å²) in [6.07, 6.45) is -5.43. The van der Waals surface area contributed by atoms with E-state index in [4.69, 9.17) is 0 Å². The van der Waals surface area contributed by atoms with E-state index in [1.165, 1.54) is 4.90 Å². The Labute approximate surface area is 68.5 Å². The average molecular weight is 184 g/mol. The maximum atomic E-state index is 11.7. The molecule has 1 fully saturated rings. The molecule has 1 unspecified atom stereocenters. The molecule has 1 aliphatic rings. The number of hydrogen-bond donors (Lipinski definition) is 1. The molecule has 72 valence electrons. The number of likely N-dealkylation sites (N-methyl/N-ethyl adjacent to an activating group) is 1. The van der Waals surface area contributed by atoms with Gasteiger partial charge in [0.05, 0.1) is 0 Å². The molecule has 1 atom stereocenters. The Hall–Kier alpha value is -0.330. The second-order valence-corrected chi connectivity index (χ2v) is 2.70. The molecule has 1 aliphatic heterocycles. The minimum atomic E-state index is -4.54. The van der Waals surface area contributed by atoms with Crippen molar-refractivity contribution in [3.05, 3.63) is 0 Å². The molecule has 0 aliphatic carbocycles. The summed E-state index contributed by atoms with van der Waals surface area (Å²) in [5.74, 6) is 0. The van der Waals surface area contributed by atoms with Crippen molar-refractivity contribution in [2.24, 2.45) is 0 Å². The maximum Gasteiger partial charge on any atom is 0.524 e. The van der Waals surface area contributed by atoms with Crippen LogP contribution in [0.25, 0.3) is 0 Å². The quantitative estimate of drug-likeness (QED) is 0.637. The normalized spacial score (nSPS) is 27.5. The van der Waals surface area contributed by atoms with Crippen LogP contribution in [-0.2, 0) is 4.74 Å². The largest absolute Gasteiger partial charge is 0.524 e. The highest BCUT2D eigenvalue weighted by atomic mass is 19.4. The number of ether oxygens (including phenoxy) is 1. The number of alkyl halides is 3. The minimum absolute atomic E-state index is 0.218. The van der Waals surface area contributed by atoms with Crippen molar-refractivity contribution in [3.8, 4) is 0 Å². The van der Waals surface area contributed by atoms with Crippen LogP contribution in [0.2, 0.25) is 0 Å². The zero-order valence-corrected chi connectivity index (χ0v) is 6.69. The number of nitrogens with zero attached hydrogens (tertiary/aromatic N) is 1. The van der Waals surface area contributed by atoms with E-state index in [0.29, 0.717) is 13.1 Å². The van der Waals surface area contributed by atoms with E-state index in [-0.39, 0.29) is 6.54 Å². The fourth-order valence-electron chi connectivity index (χ4n) is 1.07. The van der Waals surface area contributed by atoms with E-state index in [2.05, 4.69) is 10.1 Å². The van der Waals surface area contributed by atoms with Crippen molar-refractivity contribution in [2.75, 3.05) is 26.7 Å². The van der Waals surface area contributed by atoms with E-state index in [9.17, 15) is 13.2 Å². The first-order valence-electron chi connectivity index (χ1n) is 3.64. The predicted octanol–water partition coefficient (Wildman–Crippen LogP) is 0.384. The molecule has 0 bridgehead atoms. The molecule has 0 aromatic heterocycles. The molecule has 1 rings (SSSR count). The van der Waals surface area contributed by atoms with Gasteiger partial charge in [-0.15, -0.1) is 13.2 Å². The molecule has 0 aromatic carbocycles. The van der Waals surface area contributed by atoms with E-state index in [1.807, 2.05) is 0 Å². The Morgan fingerprint density at radius 3 is 2.67 bits per heavy atom. The smallest absolute Gasteiger partial charge is 0.312 e. The highest BCUT2D eigenvalue weighted by Crippen LogP contribution is 2.20. The molecule has 0 saturated carbocycles. The van der Waals surface area contributed by atoms with Crippen LogP contribution in [0, 0.1) is 0 Å². The monoisotopic (exact) mass is 184 g/mol. The lowest BCUT2D eigenvalue weighted by Gasteiger charge is -2.32. The van der Waals surface area contributed by atoms with Crippen molar-refractivity contribution in [1.29, 1.82) is 0 Å². The van der Waals surface area contributed by atoms with Gasteiger partial charge in [-0.25, -0.2) is 0 Å². The number of nitrogens with one attached hydrogen (secondary N) is 1. The Morgan fingerprint density at radius 2 is 2.17 bits per heavy atom. The first-order valence-corrected chi connectivity index (χ1v) is 3.64. The Kier molecular flexibility index (Phi) is 2.92. The summed E-state index contributed by atoms with van der Waals surface area (Å²) in [5.41, 5.74) is 0. The number of rotatable bonds is 1. The van der Waals surface area contributed by atoms with E-state index < -0.39 is 12.6 Å². The fourth-order valence-corrected chi connectivity index (χ4v) is 1.07. The second kappa shape index (κ2) is 3.59. The second-order valence-electron chi connectivity index (χ2n) is 2.70. The third kappa shape index (κ3) is 2.96. The summed E-state index contributed by atoms with van der Waals surface area (Å²) < 4.78 is 39.1. The summed E-state index contributed by atoms with van der Waals surface area (Å²) in [7, 11) is 1.61. The van der Waals surface area contributed by atoms with Crippen LogP contribution in [-0.4, -0.2) is 44.2 Å². The Morgan fingerprint density at radius 1 is 1.50 bits per heavy atom. The summed E-state index contributed by atoms with van der Waals surface area (Å²) in [4.78, 5) is 1.53. The predicted molar refractivity (Wildman–Crippen MR) is 36.4 cm³/mol. The molecule has 1 heterocycles. The van der Waals surface area contributed by atoms with Crippen molar-refractivity contribution < 1.29 is 17.9 Å². The summed E-state index contributed by atoms with van der Waals surface area (Å²) in [6, 6.07) is 0. The van der Waals surface area contributed by atoms with Gasteiger partial charge in [0, 0.05) is 19.6 Å². The van der Waals surface area contributed by atoms with Crippen LogP contribution in [0.4, 0.5) is 13.2 Å². The van der Waals surface area contributed by atoms with Crippen LogP contribution >= 0.6 is 0 Å². The number of halogens is 3. The summed E-state index contributed by atoms with van der Waals surface area (Å²) in [5, 5.41) is 2.82. The van der Waals surface area contributed by atoms with E-state index in [1.54, 1.807) is 7.05 Å². The number of hydrogen-bond acceptors (Lipinski definition) is 3. The van der Waals surface area contributed by atoms with Crippen molar-refractivity contribution in [2.45, 2.75) is 12.6 Å². The van der Waals surface area contributed by atoms with Crippen LogP contribution < -0.4 is 5.32 Å². The van der Waals surface area contributed by atoms with Crippen molar-refractivity contribution >= 4 is 0 Å². The van der Waals surface area contributed by atoms with Gasteiger partial charge in [0.25, 0.3) is 0 Å². The highest BCUT2D eigenvalue weighted by Gasteiger charge is 2.35. The lowest BCUT2D eigenvalue weighted by molar-refractivity contribution is -0.359. The van der Waals surface area contributed by atoms with Crippen molar-refractivity contribution in [1.82, 2.24) is 10.2 Å². The first kappa shape index (κ1) is 9.76. The average Bonchev–Trinajstić information content (AvgIpc) is 1.91. The van der Waals surface area contributed by atoms with Gasteiger partial charge in [-0.3, -0.25) is 9.64 Å². The molecule has 6 heteroatoms.